The number of hydrogen-bond acceptors (Lipinski definition) is 2. The molecule has 0 aliphatic carbocycles. The van der Waals surface area contributed by atoms with E-state index in [0.29, 0.717) is 0 Å². The van der Waals surface area contributed by atoms with Crippen LogP contribution in [0.4, 0.5) is 0 Å². The Bertz CT molecular complexity index is 977. The number of fused-ring (bicyclic) bond motifs is 3. The van der Waals surface area contributed by atoms with Crippen LogP contribution < -0.4 is 5.32 Å². The van der Waals surface area contributed by atoms with E-state index in [1.807, 2.05) is 18.7 Å². The first-order valence-corrected chi connectivity index (χ1v) is 9.03. The maximum Gasteiger partial charge on any atom is 0.0945 e. The standard InChI is InChI=1S/C21H24N4.2ClH/c1-2-25-20-7-4-3-6-18(20)19-14-17(8-9-21(19)25)15-22-10-5-12-24-13-11-23-16-24;;/h3-4,6-9,11,13-14,16,22H,2,5,10,12,15H2,1H3;2*1H. The molecule has 6 heteroatoms. The quantitative estimate of drug-likeness (QED) is 0.438. The van der Waals surface area contributed by atoms with E-state index in [1.54, 1.807) is 0 Å². The van der Waals surface area contributed by atoms with Crippen LogP contribution >= 0.6 is 24.8 Å². The maximum atomic E-state index is 4.07. The number of imidazole rings is 1. The first kappa shape index (κ1) is 21.3. The van der Waals surface area contributed by atoms with E-state index in [0.717, 1.165) is 32.6 Å². The molecule has 2 aromatic heterocycles. The Balaban J connectivity index is 0.00000131. The summed E-state index contributed by atoms with van der Waals surface area (Å²) >= 11 is 0. The summed E-state index contributed by atoms with van der Waals surface area (Å²) < 4.78 is 4.51. The van der Waals surface area contributed by atoms with E-state index in [1.165, 1.54) is 27.4 Å². The van der Waals surface area contributed by atoms with Crippen LogP contribution in [0.15, 0.2) is 61.2 Å². The van der Waals surface area contributed by atoms with E-state index < -0.39 is 0 Å². The van der Waals surface area contributed by atoms with E-state index >= 15 is 0 Å². The number of benzene rings is 2. The van der Waals surface area contributed by atoms with E-state index in [4.69, 9.17) is 0 Å². The summed E-state index contributed by atoms with van der Waals surface area (Å²) in [7, 11) is 0. The summed E-state index contributed by atoms with van der Waals surface area (Å²) in [6, 6.07) is 15.5. The van der Waals surface area contributed by atoms with Crippen molar-refractivity contribution in [3.63, 3.8) is 0 Å². The molecular weight excluding hydrogens is 379 g/mol. The highest BCUT2D eigenvalue weighted by molar-refractivity contribution is 6.08. The minimum absolute atomic E-state index is 0. The molecule has 0 bridgehead atoms. The van der Waals surface area contributed by atoms with Gasteiger partial charge in [-0.3, -0.25) is 0 Å². The van der Waals surface area contributed by atoms with Gasteiger partial charge in [-0.2, -0.15) is 0 Å². The highest BCUT2D eigenvalue weighted by Crippen LogP contribution is 2.29. The number of rotatable bonds is 7. The lowest BCUT2D eigenvalue weighted by molar-refractivity contribution is 0.581. The number of halogens is 2. The lowest BCUT2D eigenvalue weighted by Gasteiger charge is -2.07. The lowest BCUT2D eigenvalue weighted by atomic mass is 10.1. The average Bonchev–Trinajstić information content (AvgIpc) is 3.27. The van der Waals surface area contributed by atoms with E-state index in [-0.39, 0.29) is 24.8 Å². The van der Waals surface area contributed by atoms with Gasteiger partial charge in [-0.15, -0.1) is 24.8 Å². The van der Waals surface area contributed by atoms with Gasteiger partial charge in [0.25, 0.3) is 0 Å². The predicted molar refractivity (Wildman–Crippen MR) is 118 cm³/mol. The second-order valence-corrected chi connectivity index (χ2v) is 6.44. The molecule has 4 aromatic rings. The first-order chi connectivity index (χ1) is 12.4. The van der Waals surface area contributed by atoms with Gasteiger partial charge in [0.1, 0.15) is 0 Å². The largest absolute Gasteiger partial charge is 0.341 e. The Hall–Kier alpha value is -2.01. The van der Waals surface area contributed by atoms with Gasteiger partial charge in [-0.05, 0) is 43.7 Å². The fraction of sp³-hybridized carbons (Fsp3) is 0.286. The number of nitrogens with one attached hydrogen (secondary N) is 1. The van der Waals surface area contributed by atoms with Crippen LogP contribution in [0.2, 0.25) is 0 Å². The fourth-order valence-corrected chi connectivity index (χ4v) is 3.59. The van der Waals surface area contributed by atoms with Crippen molar-refractivity contribution < 1.29 is 0 Å². The second kappa shape index (κ2) is 9.79. The molecule has 2 aromatic carbocycles. The Morgan fingerprint density at radius 1 is 1.00 bits per heavy atom. The summed E-state index contributed by atoms with van der Waals surface area (Å²) in [5.74, 6) is 0. The normalized spacial score (nSPS) is 10.7. The summed E-state index contributed by atoms with van der Waals surface area (Å²) in [4.78, 5) is 4.07. The summed E-state index contributed by atoms with van der Waals surface area (Å²) in [5.41, 5.74) is 3.99. The van der Waals surface area contributed by atoms with Gasteiger partial charge in [0, 0.05) is 53.8 Å². The van der Waals surface area contributed by atoms with Crippen molar-refractivity contribution in [2.24, 2.45) is 0 Å². The van der Waals surface area contributed by atoms with Crippen molar-refractivity contribution in [3.05, 3.63) is 66.7 Å². The SMILES string of the molecule is CCn1c2ccccc2c2cc(CNCCCn3ccnc3)ccc21.Cl.Cl. The number of nitrogens with zero attached hydrogens (tertiary/aromatic N) is 3. The van der Waals surface area contributed by atoms with Crippen LogP contribution in [0.5, 0.6) is 0 Å². The zero-order chi connectivity index (χ0) is 17.1. The molecule has 27 heavy (non-hydrogen) atoms. The third kappa shape index (κ3) is 4.46. The monoisotopic (exact) mass is 404 g/mol. The van der Waals surface area contributed by atoms with Crippen LogP contribution in [-0.4, -0.2) is 20.7 Å². The molecule has 0 saturated heterocycles. The lowest BCUT2D eigenvalue weighted by Crippen LogP contribution is -2.16. The molecule has 0 aliphatic rings. The topological polar surface area (TPSA) is 34.8 Å². The Morgan fingerprint density at radius 2 is 1.81 bits per heavy atom. The number of para-hydroxylation sites is 1. The van der Waals surface area contributed by atoms with Gasteiger partial charge < -0.3 is 14.5 Å². The van der Waals surface area contributed by atoms with Crippen molar-refractivity contribution in [2.45, 2.75) is 33.0 Å². The van der Waals surface area contributed by atoms with Crippen molar-refractivity contribution in [2.75, 3.05) is 6.54 Å². The van der Waals surface area contributed by atoms with Crippen LogP contribution in [0.3, 0.4) is 0 Å². The minimum Gasteiger partial charge on any atom is -0.341 e. The van der Waals surface area contributed by atoms with Crippen molar-refractivity contribution >= 4 is 46.6 Å². The summed E-state index contributed by atoms with van der Waals surface area (Å²) in [6.07, 6.45) is 6.82. The van der Waals surface area contributed by atoms with Crippen molar-refractivity contribution in [1.29, 1.82) is 0 Å². The van der Waals surface area contributed by atoms with Gasteiger partial charge in [0.15, 0.2) is 0 Å². The Morgan fingerprint density at radius 3 is 2.59 bits per heavy atom. The number of aryl methyl sites for hydroxylation is 2. The minimum atomic E-state index is 0. The highest BCUT2D eigenvalue weighted by atomic mass is 35.5. The van der Waals surface area contributed by atoms with Gasteiger partial charge in [0.2, 0.25) is 0 Å². The van der Waals surface area contributed by atoms with Crippen LogP contribution in [0.25, 0.3) is 21.8 Å². The van der Waals surface area contributed by atoms with E-state index in [9.17, 15) is 0 Å². The van der Waals surface area contributed by atoms with E-state index in [2.05, 4.69) is 68.8 Å². The smallest absolute Gasteiger partial charge is 0.0945 e. The third-order valence-electron chi connectivity index (χ3n) is 4.81. The molecular formula is C21H26Cl2N4. The molecule has 1 N–H and O–H groups in total. The number of aromatic nitrogens is 3. The third-order valence-corrected chi connectivity index (χ3v) is 4.81. The van der Waals surface area contributed by atoms with Gasteiger partial charge in [-0.1, -0.05) is 24.3 Å². The average molecular weight is 405 g/mol. The molecule has 4 rings (SSSR count). The summed E-state index contributed by atoms with van der Waals surface area (Å²) in [5, 5.41) is 6.26. The molecule has 0 atom stereocenters. The molecule has 0 aliphatic heterocycles. The molecule has 0 spiro atoms. The highest BCUT2D eigenvalue weighted by Gasteiger charge is 2.09. The molecule has 4 nitrogen and oxygen atoms in total. The van der Waals surface area contributed by atoms with Gasteiger partial charge in [-0.25, -0.2) is 4.98 Å². The maximum absolute atomic E-state index is 4.07. The second-order valence-electron chi connectivity index (χ2n) is 6.44. The first-order valence-electron chi connectivity index (χ1n) is 9.03. The molecule has 2 heterocycles. The predicted octanol–water partition coefficient (Wildman–Crippen LogP) is 5.03. The summed E-state index contributed by atoms with van der Waals surface area (Å²) in [6.45, 7) is 6.13. The van der Waals surface area contributed by atoms with Crippen LogP contribution in [-0.2, 0) is 19.6 Å². The van der Waals surface area contributed by atoms with Crippen LogP contribution in [0.1, 0.15) is 18.9 Å². The Kier molecular flexibility index (Phi) is 7.72. The molecule has 0 saturated carbocycles. The molecule has 144 valence electrons. The zero-order valence-corrected chi connectivity index (χ0v) is 17.1. The van der Waals surface area contributed by atoms with Crippen LogP contribution in [0, 0.1) is 0 Å². The molecule has 0 fully saturated rings. The zero-order valence-electron chi connectivity index (χ0n) is 15.5. The molecule has 0 radical (unpaired) electrons. The fourth-order valence-electron chi connectivity index (χ4n) is 3.59. The number of hydrogen-bond donors (Lipinski definition) is 1. The van der Waals surface area contributed by atoms with Gasteiger partial charge >= 0.3 is 0 Å². The van der Waals surface area contributed by atoms with Crippen molar-refractivity contribution in [3.8, 4) is 0 Å². The van der Waals surface area contributed by atoms with Gasteiger partial charge in [0.05, 0.1) is 6.33 Å². The molecule has 0 unspecified atom stereocenters. The molecule has 0 amide bonds. The Labute approximate surface area is 172 Å². The van der Waals surface area contributed by atoms with Crippen molar-refractivity contribution in [1.82, 2.24) is 19.4 Å².